The molecule has 4 heteroatoms. The molecule has 1 fully saturated rings. The molecule has 1 saturated carbocycles. The van der Waals surface area contributed by atoms with Crippen LogP contribution in [-0.4, -0.2) is 17.7 Å². The highest BCUT2D eigenvalue weighted by Crippen LogP contribution is 2.57. The van der Waals surface area contributed by atoms with Crippen LogP contribution in [-0.2, 0) is 16.6 Å². The average Bonchev–Trinajstić information content (AvgIpc) is 2.86. The number of amides is 1. The van der Waals surface area contributed by atoms with Crippen LogP contribution in [0, 0.1) is 0 Å². The summed E-state index contributed by atoms with van der Waals surface area (Å²) in [5, 5.41) is 3.77. The van der Waals surface area contributed by atoms with Crippen molar-refractivity contribution in [2.75, 3.05) is 0 Å². The van der Waals surface area contributed by atoms with Crippen LogP contribution in [0.25, 0.3) is 0 Å². The van der Waals surface area contributed by atoms with Crippen molar-refractivity contribution in [1.29, 1.82) is 0 Å². The first kappa shape index (κ1) is 13.7. The van der Waals surface area contributed by atoms with Crippen molar-refractivity contribution in [3.05, 3.63) is 34.3 Å². The normalized spacial score (nSPS) is 27.3. The second-order valence-electron chi connectivity index (χ2n) is 6.86. The Kier molecular flexibility index (Phi) is 3.02. The predicted molar refractivity (Wildman–Crippen MR) is 79.2 cm³/mol. The van der Waals surface area contributed by atoms with E-state index in [1.54, 1.807) is 0 Å². The van der Waals surface area contributed by atoms with Gasteiger partial charge in [0.1, 0.15) is 5.60 Å². The molecule has 0 bridgehead atoms. The Hall–Kier alpha value is -1.22. The van der Waals surface area contributed by atoms with E-state index in [2.05, 4.69) is 17.4 Å². The summed E-state index contributed by atoms with van der Waals surface area (Å²) in [6, 6.07) is 6.28. The Morgan fingerprint density at radius 3 is 2.90 bits per heavy atom. The van der Waals surface area contributed by atoms with E-state index in [9.17, 15) is 4.79 Å². The third-order valence-electron chi connectivity index (χ3n) is 4.22. The van der Waals surface area contributed by atoms with Crippen LogP contribution in [0.5, 0.6) is 0 Å². The van der Waals surface area contributed by atoms with Crippen LogP contribution in [0.3, 0.4) is 0 Å². The SMILES string of the molecule is CC(C)(C)OC(=O)NC1CC12CCc1ccc(Cl)cc12. The van der Waals surface area contributed by atoms with Crippen LogP contribution in [0.2, 0.25) is 5.02 Å². The summed E-state index contributed by atoms with van der Waals surface area (Å²) in [5.74, 6) is 0. The standard InChI is InChI=1S/C16H20ClNO2/c1-15(2,3)20-14(19)18-13-9-16(13)7-6-10-4-5-11(17)8-12(10)16/h4-5,8,13H,6-7,9H2,1-3H3,(H,18,19). The highest BCUT2D eigenvalue weighted by atomic mass is 35.5. The van der Waals surface area contributed by atoms with E-state index >= 15 is 0 Å². The van der Waals surface area contributed by atoms with E-state index in [0.29, 0.717) is 0 Å². The molecule has 2 aliphatic carbocycles. The van der Waals surface area contributed by atoms with Gasteiger partial charge in [-0.05, 0) is 63.3 Å². The highest BCUT2D eigenvalue weighted by Gasteiger charge is 2.59. The van der Waals surface area contributed by atoms with Gasteiger partial charge in [-0.15, -0.1) is 0 Å². The van der Waals surface area contributed by atoms with E-state index in [4.69, 9.17) is 16.3 Å². The molecule has 1 spiro atoms. The van der Waals surface area contributed by atoms with E-state index in [-0.39, 0.29) is 17.6 Å². The molecule has 1 aromatic carbocycles. The molecule has 3 nitrogen and oxygen atoms in total. The van der Waals surface area contributed by atoms with Crippen molar-refractivity contribution in [1.82, 2.24) is 5.32 Å². The molecule has 0 radical (unpaired) electrons. The van der Waals surface area contributed by atoms with Crippen molar-refractivity contribution in [2.24, 2.45) is 0 Å². The molecule has 20 heavy (non-hydrogen) atoms. The molecule has 2 aliphatic rings. The highest BCUT2D eigenvalue weighted by molar-refractivity contribution is 6.30. The summed E-state index contributed by atoms with van der Waals surface area (Å²) in [6.07, 6.45) is 2.82. The molecule has 0 aliphatic heterocycles. The fraction of sp³-hybridized carbons (Fsp3) is 0.562. The minimum absolute atomic E-state index is 0.0944. The lowest BCUT2D eigenvalue weighted by Gasteiger charge is -2.20. The first-order chi connectivity index (χ1) is 9.30. The van der Waals surface area contributed by atoms with Crippen molar-refractivity contribution < 1.29 is 9.53 Å². The van der Waals surface area contributed by atoms with E-state index in [1.165, 1.54) is 11.1 Å². The molecule has 108 valence electrons. The number of rotatable bonds is 1. The van der Waals surface area contributed by atoms with Crippen LogP contribution < -0.4 is 5.32 Å². The van der Waals surface area contributed by atoms with Gasteiger partial charge in [-0.2, -0.15) is 0 Å². The first-order valence-electron chi connectivity index (χ1n) is 7.09. The maximum absolute atomic E-state index is 11.9. The maximum atomic E-state index is 11.9. The molecule has 1 amide bonds. The number of halogens is 1. The molecule has 1 N–H and O–H groups in total. The number of hydrogen-bond acceptors (Lipinski definition) is 2. The Bertz CT molecular complexity index is 564. The summed E-state index contributed by atoms with van der Waals surface area (Å²) in [5.41, 5.74) is 2.31. The van der Waals surface area contributed by atoms with Gasteiger partial charge in [-0.1, -0.05) is 17.7 Å². The van der Waals surface area contributed by atoms with Crippen molar-refractivity contribution in [3.63, 3.8) is 0 Å². The lowest BCUT2D eigenvalue weighted by molar-refractivity contribution is 0.0519. The third kappa shape index (κ3) is 2.39. The van der Waals surface area contributed by atoms with Gasteiger partial charge in [0.05, 0.1) is 0 Å². The predicted octanol–water partition coefficient (Wildman–Crippen LogP) is 3.82. The van der Waals surface area contributed by atoms with Gasteiger partial charge in [0, 0.05) is 16.5 Å². The fourth-order valence-electron chi connectivity index (χ4n) is 3.24. The molecule has 0 aromatic heterocycles. The zero-order valence-electron chi connectivity index (χ0n) is 12.1. The zero-order valence-corrected chi connectivity index (χ0v) is 12.9. The van der Waals surface area contributed by atoms with Gasteiger partial charge in [0.15, 0.2) is 0 Å². The minimum Gasteiger partial charge on any atom is -0.444 e. The number of aryl methyl sites for hydroxylation is 1. The molecule has 0 saturated heterocycles. The lowest BCUT2D eigenvalue weighted by atomic mass is 9.97. The number of nitrogens with one attached hydrogen (secondary N) is 1. The number of hydrogen-bond donors (Lipinski definition) is 1. The van der Waals surface area contributed by atoms with Gasteiger partial charge in [-0.25, -0.2) is 4.79 Å². The number of ether oxygens (including phenoxy) is 1. The third-order valence-corrected chi connectivity index (χ3v) is 4.45. The Morgan fingerprint density at radius 2 is 2.20 bits per heavy atom. The smallest absolute Gasteiger partial charge is 0.407 e. The Balaban J connectivity index is 1.71. The molecule has 2 unspecified atom stereocenters. The summed E-state index contributed by atoms with van der Waals surface area (Å²) in [4.78, 5) is 11.9. The van der Waals surface area contributed by atoms with Gasteiger partial charge in [0.2, 0.25) is 0 Å². The van der Waals surface area contributed by atoms with Gasteiger partial charge < -0.3 is 10.1 Å². The van der Waals surface area contributed by atoms with E-state index in [1.807, 2.05) is 26.8 Å². The van der Waals surface area contributed by atoms with Crippen LogP contribution in [0.1, 0.15) is 44.7 Å². The monoisotopic (exact) mass is 293 g/mol. The molecule has 2 atom stereocenters. The molecular weight excluding hydrogens is 274 g/mol. The topological polar surface area (TPSA) is 38.3 Å². The lowest BCUT2D eigenvalue weighted by Crippen LogP contribution is -2.36. The van der Waals surface area contributed by atoms with Crippen LogP contribution in [0.4, 0.5) is 4.79 Å². The Morgan fingerprint density at radius 1 is 1.45 bits per heavy atom. The Labute approximate surface area is 124 Å². The molecule has 0 heterocycles. The fourth-order valence-corrected chi connectivity index (χ4v) is 3.41. The number of carbonyl (C=O) groups excluding carboxylic acids is 1. The molecule has 3 rings (SSSR count). The zero-order chi connectivity index (χ0) is 14.5. The largest absolute Gasteiger partial charge is 0.444 e. The number of carbonyl (C=O) groups is 1. The number of fused-ring (bicyclic) bond motifs is 2. The number of benzene rings is 1. The maximum Gasteiger partial charge on any atom is 0.407 e. The van der Waals surface area contributed by atoms with Gasteiger partial charge in [-0.3, -0.25) is 0 Å². The van der Waals surface area contributed by atoms with Crippen molar-refractivity contribution in [2.45, 2.75) is 57.1 Å². The molecule has 1 aromatic rings. The van der Waals surface area contributed by atoms with Gasteiger partial charge in [0.25, 0.3) is 0 Å². The van der Waals surface area contributed by atoms with E-state index < -0.39 is 5.60 Å². The summed E-state index contributed by atoms with van der Waals surface area (Å²) in [6.45, 7) is 5.62. The van der Waals surface area contributed by atoms with Crippen LogP contribution >= 0.6 is 11.6 Å². The summed E-state index contributed by atoms with van der Waals surface area (Å²) < 4.78 is 5.33. The minimum atomic E-state index is -0.455. The average molecular weight is 294 g/mol. The quantitative estimate of drug-likeness (QED) is 0.855. The second-order valence-corrected chi connectivity index (χ2v) is 7.30. The van der Waals surface area contributed by atoms with E-state index in [0.717, 1.165) is 24.3 Å². The summed E-state index contributed by atoms with van der Waals surface area (Å²) in [7, 11) is 0. The molecular formula is C16H20ClNO2. The number of alkyl carbamates (subject to hydrolysis) is 1. The van der Waals surface area contributed by atoms with Crippen molar-refractivity contribution >= 4 is 17.7 Å². The first-order valence-corrected chi connectivity index (χ1v) is 7.46. The van der Waals surface area contributed by atoms with Crippen LogP contribution in [0.15, 0.2) is 18.2 Å². The van der Waals surface area contributed by atoms with Crippen molar-refractivity contribution in [3.8, 4) is 0 Å². The second kappa shape index (κ2) is 4.39. The van der Waals surface area contributed by atoms with Gasteiger partial charge >= 0.3 is 6.09 Å². The summed E-state index contributed by atoms with van der Waals surface area (Å²) >= 11 is 6.11.